The van der Waals surface area contributed by atoms with Crippen LogP contribution in [0.3, 0.4) is 0 Å². The number of rotatable bonds is 2. The quantitative estimate of drug-likeness (QED) is 0.862. The molecular formula is C10H18Cl2N4O. The van der Waals surface area contributed by atoms with Crippen molar-refractivity contribution in [2.24, 2.45) is 5.73 Å². The van der Waals surface area contributed by atoms with Crippen LogP contribution in [0.25, 0.3) is 0 Å². The van der Waals surface area contributed by atoms with E-state index in [9.17, 15) is 0 Å². The molecule has 2 aliphatic rings. The number of hydrogen-bond acceptors (Lipinski definition) is 5. The average Bonchev–Trinajstić information content (AvgIpc) is 2.71. The number of aromatic nitrogens is 2. The van der Waals surface area contributed by atoms with E-state index < -0.39 is 0 Å². The molecule has 1 saturated heterocycles. The van der Waals surface area contributed by atoms with E-state index >= 15 is 0 Å². The molecule has 0 bridgehead atoms. The van der Waals surface area contributed by atoms with E-state index in [0.29, 0.717) is 11.7 Å². The van der Waals surface area contributed by atoms with Crippen molar-refractivity contribution < 1.29 is 4.52 Å². The van der Waals surface area contributed by atoms with Gasteiger partial charge in [-0.1, -0.05) is 18.0 Å². The molecule has 2 fully saturated rings. The summed E-state index contributed by atoms with van der Waals surface area (Å²) in [6.45, 7) is 1.04. The molecule has 1 atom stereocenters. The number of halogens is 2. The zero-order valence-corrected chi connectivity index (χ0v) is 11.1. The molecule has 0 amide bonds. The van der Waals surface area contributed by atoms with Crippen molar-refractivity contribution in [3.05, 3.63) is 11.7 Å². The highest BCUT2D eigenvalue weighted by Crippen LogP contribution is 2.35. The van der Waals surface area contributed by atoms with Gasteiger partial charge in [0.25, 0.3) is 0 Å². The van der Waals surface area contributed by atoms with Gasteiger partial charge < -0.3 is 15.6 Å². The van der Waals surface area contributed by atoms with Gasteiger partial charge in [-0.25, -0.2) is 0 Å². The van der Waals surface area contributed by atoms with Gasteiger partial charge in [0.05, 0.1) is 11.6 Å². The first-order valence-electron chi connectivity index (χ1n) is 5.64. The third-order valence-electron chi connectivity index (χ3n) is 3.50. The SMILES string of the molecule is Cl.Cl.NC1(c2noc([C@H]3CCN3)n2)CCCC1. The largest absolute Gasteiger partial charge is 0.338 e. The highest BCUT2D eigenvalue weighted by molar-refractivity contribution is 5.85. The van der Waals surface area contributed by atoms with Crippen molar-refractivity contribution in [3.63, 3.8) is 0 Å². The fourth-order valence-electron chi connectivity index (χ4n) is 2.31. The van der Waals surface area contributed by atoms with E-state index in [0.717, 1.165) is 25.8 Å². The summed E-state index contributed by atoms with van der Waals surface area (Å²) in [5, 5.41) is 7.26. The maximum Gasteiger partial charge on any atom is 0.243 e. The Morgan fingerprint density at radius 1 is 1.29 bits per heavy atom. The molecule has 3 rings (SSSR count). The Morgan fingerprint density at radius 2 is 1.94 bits per heavy atom. The van der Waals surface area contributed by atoms with E-state index in [2.05, 4.69) is 15.5 Å². The first-order valence-corrected chi connectivity index (χ1v) is 5.64. The lowest BCUT2D eigenvalue weighted by molar-refractivity contribution is 0.270. The Hall–Kier alpha value is -0.360. The van der Waals surface area contributed by atoms with Gasteiger partial charge >= 0.3 is 0 Å². The van der Waals surface area contributed by atoms with Gasteiger partial charge in [0.15, 0.2) is 5.82 Å². The Kier molecular flexibility index (Phi) is 4.77. The summed E-state index contributed by atoms with van der Waals surface area (Å²) in [5.74, 6) is 1.40. The molecule has 0 unspecified atom stereocenters. The van der Waals surface area contributed by atoms with Crippen molar-refractivity contribution in [1.82, 2.24) is 15.5 Å². The zero-order chi connectivity index (χ0) is 10.3. The van der Waals surface area contributed by atoms with Gasteiger partial charge in [0.2, 0.25) is 5.89 Å². The van der Waals surface area contributed by atoms with Crippen LogP contribution in [-0.2, 0) is 5.54 Å². The van der Waals surface area contributed by atoms with Crippen LogP contribution < -0.4 is 11.1 Å². The predicted octanol–water partition coefficient (Wildman–Crippen LogP) is 1.68. The van der Waals surface area contributed by atoms with Crippen LogP contribution in [0.2, 0.25) is 0 Å². The van der Waals surface area contributed by atoms with Crippen LogP contribution in [0, 0.1) is 0 Å². The second-order valence-corrected chi connectivity index (χ2v) is 4.61. The van der Waals surface area contributed by atoms with Gasteiger partial charge in [-0.15, -0.1) is 24.8 Å². The minimum atomic E-state index is -0.328. The Morgan fingerprint density at radius 3 is 2.47 bits per heavy atom. The molecule has 5 nitrogen and oxygen atoms in total. The Balaban J connectivity index is 0.000000722. The standard InChI is InChI=1S/C10H16N4O.2ClH/c11-10(4-1-2-5-10)9-13-8(15-14-9)7-3-6-12-7;;/h7,12H,1-6,11H2;2*1H/t7-;;/m1../s1. The van der Waals surface area contributed by atoms with Crippen molar-refractivity contribution in [2.75, 3.05) is 6.54 Å². The average molecular weight is 281 g/mol. The molecule has 98 valence electrons. The Labute approximate surface area is 113 Å². The maximum atomic E-state index is 6.25. The van der Waals surface area contributed by atoms with Crippen LogP contribution in [0.15, 0.2) is 4.52 Å². The summed E-state index contributed by atoms with van der Waals surface area (Å²) >= 11 is 0. The third-order valence-corrected chi connectivity index (χ3v) is 3.50. The van der Waals surface area contributed by atoms with Crippen LogP contribution in [0.5, 0.6) is 0 Å². The fraction of sp³-hybridized carbons (Fsp3) is 0.800. The fourth-order valence-corrected chi connectivity index (χ4v) is 2.31. The molecule has 0 aromatic carbocycles. The minimum absolute atomic E-state index is 0. The smallest absolute Gasteiger partial charge is 0.243 e. The van der Waals surface area contributed by atoms with Crippen molar-refractivity contribution >= 4 is 24.8 Å². The monoisotopic (exact) mass is 280 g/mol. The summed E-state index contributed by atoms with van der Waals surface area (Å²) < 4.78 is 5.24. The summed E-state index contributed by atoms with van der Waals surface area (Å²) in [6.07, 6.45) is 5.37. The second-order valence-electron chi connectivity index (χ2n) is 4.61. The molecule has 1 aliphatic carbocycles. The van der Waals surface area contributed by atoms with Crippen LogP contribution in [-0.4, -0.2) is 16.7 Å². The molecule has 0 radical (unpaired) electrons. The van der Waals surface area contributed by atoms with E-state index in [4.69, 9.17) is 10.3 Å². The second kappa shape index (κ2) is 5.52. The van der Waals surface area contributed by atoms with Gasteiger partial charge in [0, 0.05) is 0 Å². The van der Waals surface area contributed by atoms with Gasteiger partial charge in [0.1, 0.15) is 0 Å². The molecule has 0 spiro atoms. The van der Waals surface area contributed by atoms with Crippen LogP contribution in [0.1, 0.15) is 49.9 Å². The Bertz CT molecular complexity index is 361. The molecule has 17 heavy (non-hydrogen) atoms. The van der Waals surface area contributed by atoms with E-state index in [1.165, 1.54) is 12.8 Å². The molecule has 2 heterocycles. The third kappa shape index (κ3) is 2.57. The highest BCUT2D eigenvalue weighted by atomic mass is 35.5. The molecule has 1 aromatic heterocycles. The normalized spacial score (nSPS) is 25.6. The molecule has 3 N–H and O–H groups in total. The van der Waals surface area contributed by atoms with Gasteiger partial charge in [-0.3, -0.25) is 0 Å². The predicted molar refractivity (Wildman–Crippen MR) is 68.5 cm³/mol. The van der Waals surface area contributed by atoms with Crippen molar-refractivity contribution in [3.8, 4) is 0 Å². The van der Waals surface area contributed by atoms with Crippen molar-refractivity contribution in [2.45, 2.75) is 43.7 Å². The molecule has 7 heteroatoms. The molecule has 1 aliphatic heterocycles. The first kappa shape index (κ1) is 14.7. The molecule has 1 saturated carbocycles. The number of nitrogens with zero attached hydrogens (tertiary/aromatic N) is 2. The lowest BCUT2D eigenvalue weighted by Crippen LogP contribution is -2.36. The summed E-state index contributed by atoms with van der Waals surface area (Å²) in [5.41, 5.74) is 5.92. The first-order chi connectivity index (χ1) is 7.28. The number of nitrogens with one attached hydrogen (secondary N) is 1. The maximum absolute atomic E-state index is 6.25. The van der Waals surface area contributed by atoms with Crippen LogP contribution >= 0.6 is 24.8 Å². The van der Waals surface area contributed by atoms with E-state index in [-0.39, 0.29) is 36.4 Å². The lowest BCUT2D eigenvalue weighted by atomic mass is 9.98. The number of hydrogen-bond donors (Lipinski definition) is 2. The highest BCUT2D eigenvalue weighted by Gasteiger charge is 2.37. The van der Waals surface area contributed by atoms with E-state index in [1.54, 1.807) is 0 Å². The van der Waals surface area contributed by atoms with Gasteiger partial charge in [-0.05, 0) is 25.8 Å². The molecule has 1 aromatic rings. The lowest BCUT2D eigenvalue weighted by Gasteiger charge is -2.23. The number of nitrogens with two attached hydrogens (primary N) is 1. The van der Waals surface area contributed by atoms with Crippen molar-refractivity contribution in [1.29, 1.82) is 0 Å². The molecular weight excluding hydrogens is 263 g/mol. The van der Waals surface area contributed by atoms with Crippen LogP contribution in [0.4, 0.5) is 0 Å². The zero-order valence-electron chi connectivity index (χ0n) is 9.52. The minimum Gasteiger partial charge on any atom is -0.338 e. The summed E-state index contributed by atoms with van der Waals surface area (Å²) in [4.78, 5) is 4.42. The van der Waals surface area contributed by atoms with Gasteiger partial charge in [-0.2, -0.15) is 4.98 Å². The summed E-state index contributed by atoms with van der Waals surface area (Å²) in [6, 6.07) is 0.260. The topological polar surface area (TPSA) is 77.0 Å². The van der Waals surface area contributed by atoms with E-state index in [1.807, 2.05) is 0 Å². The summed E-state index contributed by atoms with van der Waals surface area (Å²) in [7, 11) is 0.